The fraction of sp³-hybridized carbons (Fsp3) is 0.400. The smallest absolute Gasteiger partial charge is 0.409 e. The van der Waals surface area contributed by atoms with Gasteiger partial charge in [0.2, 0.25) is 5.78 Å². The van der Waals surface area contributed by atoms with E-state index in [4.69, 9.17) is 4.74 Å². The highest BCUT2D eigenvalue weighted by Gasteiger charge is 2.67. The minimum atomic E-state index is -0.637. The number of fused-ring (bicyclic) bond motifs is 1. The third kappa shape index (κ3) is 1.52. The Bertz CT molecular complexity index is 745. The first-order valence-corrected chi connectivity index (χ1v) is 7.29. The average molecular weight is 298 g/mol. The van der Waals surface area contributed by atoms with Crippen molar-refractivity contribution in [3.63, 3.8) is 0 Å². The first-order chi connectivity index (χ1) is 10.5. The number of nitrogens with zero attached hydrogens (tertiary/aromatic N) is 2. The van der Waals surface area contributed by atoms with Crippen LogP contribution in [0, 0.1) is 5.92 Å². The summed E-state index contributed by atoms with van der Waals surface area (Å²) in [5, 5.41) is 9.93. The second-order valence-electron chi connectivity index (χ2n) is 6.16. The lowest BCUT2D eigenvalue weighted by Gasteiger charge is -2.31. The van der Waals surface area contributed by atoms with Gasteiger partial charge in [0, 0.05) is 29.9 Å². The van der Waals surface area contributed by atoms with Gasteiger partial charge in [0.1, 0.15) is 5.69 Å². The standard InChI is InChI=1S/C15H15BN2O4/c1-16(21)18-7-9-5-15(9)10-3-8(14(20)22-2)6-17-13(10)11(19)4-12(15)18/h3-4,6,9,21H,5,7H2,1-2H3. The summed E-state index contributed by atoms with van der Waals surface area (Å²) in [5.41, 5.74) is 2.15. The highest BCUT2D eigenvalue weighted by molar-refractivity contribution is 6.46. The molecule has 0 bridgehead atoms. The molecule has 0 aromatic carbocycles. The van der Waals surface area contributed by atoms with Crippen molar-refractivity contribution in [3.05, 3.63) is 40.9 Å². The van der Waals surface area contributed by atoms with Crippen LogP contribution in [0.2, 0.25) is 6.82 Å². The van der Waals surface area contributed by atoms with E-state index in [0.29, 0.717) is 17.2 Å². The number of aromatic nitrogens is 1. The first-order valence-electron chi connectivity index (χ1n) is 7.29. The van der Waals surface area contributed by atoms with Gasteiger partial charge in [-0.15, -0.1) is 0 Å². The summed E-state index contributed by atoms with van der Waals surface area (Å²) >= 11 is 0. The van der Waals surface area contributed by atoms with Crippen molar-refractivity contribution < 1.29 is 19.3 Å². The number of hydrogen-bond acceptors (Lipinski definition) is 6. The molecule has 112 valence electrons. The topological polar surface area (TPSA) is 79.7 Å². The summed E-state index contributed by atoms with van der Waals surface area (Å²) < 4.78 is 4.74. The SMILES string of the molecule is COC(=O)c1cnc2c(c1)C13CC1CN(B(C)O)C3=CC2=O. The van der Waals surface area contributed by atoms with Crippen LogP contribution < -0.4 is 0 Å². The molecule has 1 saturated carbocycles. The van der Waals surface area contributed by atoms with E-state index in [9.17, 15) is 14.6 Å². The minimum absolute atomic E-state index is 0.176. The zero-order chi connectivity index (χ0) is 15.6. The van der Waals surface area contributed by atoms with Gasteiger partial charge in [-0.25, -0.2) is 4.79 Å². The number of hydrogen-bond donors (Lipinski definition) is 1. The van der Waals surface area contributed by atoms with Gasteiger partial charge in [-0.3, -0.25) is 9.78 Å². The van der Waals surface area contributed by atoms with Crippen molar-refractivity contribution in [2.45, 2.75) is 18.7 Å². The molecule has 1 saturated heterocycles. The van der Waals surface area contributed by atoms with Crippen molar-refractivity contribution in [1.82, 2.24) is 9.79 Å². The summed E-state index contributed by atoms with van der Waals surface area (Å²) in [6, 6.07) is 1.73. The van der Waals surface area contributed by atoms with Crippen LogP contribution in [0.4, 0.5) is 0 Å². The Kier molecular flexibility index (Phi) is 2.58. The van der Waals surface area contributed by atoms with Crippen LogP contribution in [-0.2, 0) is 10.2 Å². The molecule has 2 atom stereocenters. The van der Waals surface area contributed by atoms with E-state index >= 15 is 0 Å². The third-order valence-corrected chi connectivity index (χ3v) is 5.03. The van der Waals surface area contributed by atoms with Gasteiger partial charge in [0.05, 0.1) is 12.7 Å². The largest absolute Gasteiger partial charge is 0.465 e. The number of piperidine rings is 1. The lowest BCUT2D eigenvalue weighted by molar-refractivity contribution is 0.0599. The van der Waals surface area contributed by atoms with Crippen LogP contribution in [0.1, 0.15) is 32.8 Å². The normalized spacial score (nSPS) is 27.6. The number of ketones is 1. The maximum absolute atomic E-state index is 12.3. The van der Waals surface area contributed by atoms with Gasteiger partial charge in [0.15, 0.2) is 0 Å². The Morgan fingerprint density at radius 2 is 2.36 bits per heavy atom. The van der Waals surface area contributed by atoms with E-state index in [-0.39, 0.29) is 11.2 Å². The van der Waals surface area contributed by atoms with E-state index in [0.717, 1.165) is 24.2 Å². The Morgan fingerprint density at radius 1 is 1.59 bits per heavy atom. The van der Waals surface area contributed by atoms with Crippen LogP contribution in [-0.4, -0.2) is 47.3 Å². The Morgan fingerprint density at radius 3 is 3.05 bits per heavy atom. The number of methoxy groups -OCH3 is 1. The lowest BCUT2D eigenvalue weighted by Crippen LogP contribution is -2.38. The van der Waals surface area contributed by atoms with E-state index in [1.165, 1.54) is 13.3 Å². The summed E-state index contributed by atoms with van der Waals surface area (Å²) in [7, 11) is 0.684. The molecule has 2 fully saturated rings. The van der Waals surface area contributed by atoms with Gasteiger partial charge in [0.25, 0.3) is 0 Å². The number of ether oxygens (including phenoxy) is 1. The molecule has 3 aliphatic rings. The number of carbonyl (C=O) groups excluding carboxylic acids is 2. The Labute approximate surface area is 127 Å². The molecular weight excluding hydrogens is 283 g/mol. The van der Waals surface area contributed by atoms with Gasteiger partial charge in [-0.1, -0.05) is 0 Å². The molecule has 1 spiro atoms. The predicted molar refractivity (Wildman–Crippen MR) is 78.3 cm³/mol. The molecule has 4 rings (SSSR count). The lowest BCUT2D eigenvalue weighted by atomic mass is 9.79. The van der Waals surface area contributed by atoms with Gasteiger partial charge < -0.3 is 14.6 Å². The third-order valence-electron chi connectivity index (χ3n) is 5.03. The summed E-state index contributed by atoms with van der Waals surface area (Å²) in [5.74, 6) is -0.280. The molecular formula is C15H15BN2O4. The van der Waals surface area contributed by atoms with Crippen LogP contribution in [0.25, 0.3) is 0 Å². The molecule has 2 aliphatic carbocycles. The zero-order valence-corrected chi connectivity index (χ0v) is 12.4. The molecule has 2 unspecified atom stereocenters. The maximum atomic E-state index is 12.3. The van der Waals surface area contributed by atoms with Crippen molar-refractivity contribution in [2.24, 2.45) is 5.92 Å². The summed E-state index contributed by atoms with van der Waals surface area (Å²) in [6.07, 6.45) is 3.90. The van der Waals surface area contributed by atoms with Gasteiger partial charge in [-0.05, 0) is 30.8 Å². The van der Waals surface area contributed by atoms with E-state index in [2.05, 4.69) is 4.98 Å². The van der Waals surface area contributed by atoms with E-state index in [1.54, 1.807) is 19.0 Å². The quantitative estimate of drug-likeness (QED) is 0.637. The molecule has 0 amide bonds. The van der Waals surface area contributed by atoms with E-state index in [1.807, 2.05) is 4.81 Å². The van der Waals surface area contributed by atoms with E-state index < -0.39 is 13.0 Å². The van der Waals surface area contributed by atoms with Crippen LogP contribution in [0.15, 0.2) is 24.0 Å². The van der Waals surface area contributed by atoms with Crippen molar-refractivity contribution in [1.29, 1.82) is 0 Å². The fourth-order valence-corrected chi connectivity index (χ4v) is 3.91. The van der Waals surface area contributed by atoms with Crippen molar-refractivity contribution in [2.75, 3.05) is 13.7 Å². The van der Waals surface area contributed by atoms with Crippen molar-refractivity contribution >= 4 is 18.8 Å². The molecule has 1 aromatic heterocycles. The summed E-state index contributed by atoms with van der Waals surface area (Å²) in [4.78, 5) is 30.2. The highest BCUT2D eigenvalue weighted by atomic mass is 16.5. The first kappa shape index (κ1) is 13.5. The number of pyridine rings is 1. The predicted octanol–water partition coefficient (Wildman–Crippen LogP) is 0.632. The zero-order valence-electron chi connectivity index (χ0n) is 12.4. The maximum Gasteiger partial charge on any atom is 0.409 e. The molecule has 1 aromatic rings. The molecule has 22 heavy (non-hydrogen) atoms. The molecule has 1 N–H and O–H groups in total. The Balaban J connectivity index is 1.87. The second-order valence-corrected chi connectivity index (χ2v) is 6.16. The van der Waals surface area contributed by atoms with Crippen LogP contribution >= 0.6 is 0 Å². The average Bonchev–Trinajstić information content (AvgIpc) is 3.14. The molecule has 0 radical (unpaired) electrons. The molecule has 1 aliphatic heterocycles. The second kappa shape index (κ2) is 4.19. The summed E-state index contributed by atoms with van der Waals surface area (Å²) in [6.45, 7) is 2.42. The van der Waals surface area contributed by atoms with Crippen molar-refractivity contribution in [3.8, 4) is 0 Å². The monoisotopic (exact) mass is 298 g/mol. The number of rotatable bonds is 2. The fourth-order valence-electron chi connectivity index (χ4n) is 3.91. The number of carbonyl (C=O) groups is 2. The number of allylic oxidation sites excluding steroid dienone is 2. The number of esters is 1. The Hall–Kier alpha value is -2.15. The van der Waals surface area contributed by atoms with Crippen LogP contribution in [0.5, 0.6) is 0 Å². The highest BCUT2D eigenvalue weighted by Crippen LogP contribution is 2.66. The van der Waals surface area contributed by atoms with Gasteiger partial charge >= 0.3 is 13.0 Å². The minimum Gasteiger partial charge on any atom is -0.465 e. The molecule has 7 heteroatoms. The van der Waals surface area contributed by atoms with Crippen LogP contribution in [0.3, 0.4) is 0 Å². The molecule has 6 nitrogen and oxygen atoms in total. The van der Waals surface area contributed by atoms with Gasteiger partial charge in [-0.2, -0.15) is 0 Å². The molecule has 2 heterocycles.